The van der Waals surface area contributed by atoms with Crippen molar-refractivity contribution in [2.24, 2.45) is 11.8 Å². The Kier molecular flexibility index (Phi) is 6.10. The molecule has 0 radical (unpaired) electrons. The van der Waals surface area contributed by atoms with Crippen molar-refractivity contribution in [1.29, 1.82) is 0 Å². The van der Waals surface area contributed by atoms with Gasteiger partial charge in [-0.2, -0.15) is 0 Å². The fourth-order valence-electron chi connectivity index (χ4n) is 4.22. The molecule has 1 aromatic carbocycles. The molecule has 1 aliphatic carbocycles. The van der Waals surface area contributed by atoms with Gasteiger partial charge in [0.1, 0.15) is 5.75 Å². The lowest BCUT2D eigenvalue weighted by atomic mass is 9.74. The van der Waals surface area contributed by atoms with Crippen LogP contribution in [-0.2, 0) is 16.1 Å². The first-order chi connectivity index (χ1) is 12.2. The number of aliphatic hydroxyl groups is 1. The smallest absolute Gasteiger partial charge is 0.294 e. The number of aromatic hydroxyl groups is 1. The summed E-state index contributed by atoms with van der Waals surface area (Å²) in [6.07, 6.45) is 9.96. The van der Waals surface area contributed by atoms with Crippen molar-refractivity contribution in [2.75, 3.05) is 13.1 Å². The highest BCUT2D eigenvalue weighted by Gasteiger charge is 2.37. The summed E-state index contributed by atoms with van der Waals surface area (Å²) in [5.41, 5.74) is 1.45. The van der Waals surface area contributed by atoms with Crippen LogP contribution in [-0.4, -0.2) is 40.9 Å². The van der Waals surface area contributed by atoms with Crippen LogP contribution < -0.4 is 0 Å². The van der Waals surface area contributed by atoms with Crippen molar-refractivity contribution in [2.45, 2.75) is 44.9 Å². The molecule has 2 aliphatic rings. The standard InChI is InChI=1S/C20H27NO4/c22-13-18-10-15(7-8-19(18)24)4-3-9-21-12-17-6-2-1-5-16(17)11-20(21)25-14-23/h3-4,7-8,10,14,16-17,20,22,24H,1-2,5-6,9,11-13H2. The van der Waals surface area contributed by atoms with E-state index in [0.29, 0.717) is 23.9 Å². The number of nitrogens with zero attached hydrogens (tertiary/aromatic N) is 1. The normalized spacial score (nSPS) is 27.2. The third-order valence-electron chi connectivity index (χ3n) is 5.58. The fourth-order valence-corrected chi connectivity index (χ4v) is 4.22. The monoisotopic (exact) mass is 345 g/mol. The van der Waals surface area contributed by atoms with Crippen LogP contribution in [0.1, 0.15) is 43.2 Å². The fraction of sp³-hybridized carbons (Fsp3) is 0.550. The first-order valence-corrected chi connectivity index (χ1v) is 9.13. The van der Waals surface area contributed by atoms with E-state index in [1.54, 1.807) is 12.1 Å². The van der Waals surface area contributed by atoms with Gasteiger partial charge in [0.05, 0.1) is 6.61 Å². The second-order valence-electron chi connectivity index (χ2n) is 7.13. The molecule has 136 valence electrons. The van der Waals surface area contributed by atoms with Crippen molar-refractivity contribution in [1.82, 2.24) is 4.90 Å². The summed E-state index contributed by atoms with van der Waals surface area (Å²) in [4.78, 5) is 13.1. The molecule has 5 nitrogen and oxygen atoms in total. The summed E-state index contributed by atoms with van der Waals surface area (Å²) < 4.78 is 5.34. The molecule has 0 spiro atoms. The topological polar surface area (TPSA) is 70.0 Å². The van der Waals surface area contributed by atoms with Gasteiger partial charge in [0.2, 0.25) is 0 Å². The lowest BCUT2D eigenvalue weighted by Crippen LogP contribution is -2.49. The van der Waals surface area contributed by atoms with Gasteiger partial charge in [-0.25, -0.2) is 0 Å². The Balaban J connectivity index is 1.64. The average Bonchev–Trinajstić information content (AvgIpc) is 2.63. The number of rotatable bonds is 6. The number of carbonyl (C=O) groups is 1. The number of aliphatic hydroxyl groups excluding tert-OH is 1. The highest BCUT2D eigenvalue weighted by molar-refractivity contribution is 5.53. The maximum absolute atomic E-state index is 10.9. The van der Waals surface area contributed by atoms with Crippen molar-refractivity contribution in [3.63, 3.8) is 0 Å². The minimum absolute atomic E-state index is 0.110. The van der Waals surface area contributed by atoms with Crippen molar-refractivity contribution in [3.05, 3.63) is 35.4 Å². The van der Waals surface area contributed by atoms with Crippen LogP contribution in [0.4, 0.5) is 0 Å². The highest BCUT2D eigenvalue weighted by atomic mass is 16.5. The Morgan fingerprint density at radius 3 is 2.80 bits per heavy atom. The number of carbonyl (C=O) groups excluding carboxylic acids is 1. The molecule has 1 saturated heterocycles. The van der Waals surface area contributed by atoms with E-state index >= 15 is 0 Å². The molecular formula is C20H27NO4. The van der Waals surface area contributed by atoms with Crippen LogP contribution in [0.25, 0.3) is 6.08 Å². The Bertz CT molecular complexity index is 616. The molecule has 1 aliphatic heterocycles. The molecule has 3 rings (SSSR count). The van der Waals surface area contributed by atoms with Crippen LogP contribution in [0.15, 0.2) is 24.3 Å². The number of fused-ring (bicyclic) bond motifs is 1. The van der Waals surface area contributed by atoms with E-state index in [1.165, 1.54) is 25.7 Å². The summed E-state index contributed by atoms with van der Waals surface area (Å²) >= 11 is 0. The lowest BCUT2D eigenvalue weighted by Gasteiger charge is -2.44. The van der Waals surface area contributed by atoms with Gasteiger partial charge in [-0.05, 0) is 42.4 Å². The summed E-state index contributed by atoms with van der Waals surface area (Å²) in [5.74, 6) is 1.50. The maximum Gasteiger partial charge on any atom is 0.294 e. The Morgan fingerprint density at radius 1 is 1.24 bits per heavy atom. The Hall–Kier alpha value is -1.85. The van der Waals surface area contributed by atoms with Gasteiger partial charge in [-0.3, -0.25) is 9.69 Å². The van der Waals surface area contributed by atoms with E-state index in [0.717, 1.165) is 25.1 Å². The Morgan fingerprint density at radius 2 is 2.04 bits per heavy atom. The molecule has 3 unspecified atom stereocenters. The molecule has 1 aromatic rings. The average molecular weight is 345 g/mol. The predicted octanol–water partition coefficient (Wildman–Crippen LogP) is 2.91. The van der Waals surface area contributed by atoms with Gasteiger partial charge in [-0.1, -0.05) is 31.1 Å². The molecule has 0 aromatic heterocycles. The number of phenols is 1. The van der Waals surface area contributed by atoms with Crippen LogP contribution in [0, 0.1) is 11.8 Å². The third kappa shape index (κ3) is 4.41. The number of ether oxygens (including phenoxy) is 1. The molecule has 1 saturated carbocycles. The van der Waals surface area contributed by atoms with E-state index in [-0.39, 0.29) is 18.6 Å². The number of hydrogen-bond donors (Lipinski definition) is 2. The summed E-state index contributed by atoms with van der Waals surface area (Å²) in [7, 11) is 0. The first kappa shape index (κ1) is 18.0. The minimum Gasteiger partial charge on any atom is -0.508 e. The third-order valence-corrected chi connectivity index (χ3v) is 5.58. The largest absolute Gasteiger partial charge is 0.508 e. The second kappa shape index (κ2) is 8.50. The molecule has 5 heteroatoms. The number of piperidine rings is 1. The quantitative estimate of drug-likeness (QED) is 0.776. The SMILES string of the molecule is O=COC1CC2CCCCC2CN1CC=Cc1ccc(O)c(CO)c1. The van der Waals surface area contributed by atoms with Crippen LogP contribution in [0.2, 0.25) is 0 Å². The zero-order valence-electron chi connectivity index (χ0n) is 14.5. The summed E-state index contributed by atoms with van der Waals surface area (Å²) in [6.45, 7) is 2.08. The van der Waals surface area contributed by atoms with Crippen LogP contribution >= 0.6 is 0 Å². The molecule has 2 N–H and O–H groups in total. The van der Waals surface area contributed by atoms with E-state index in [1.807, 2.05) is 12.1 Å². The number of likely N-dealkylation sites (tertiary alicyclic amines) is 1. The highest BCUT2D eigenvalue weighted by Crippen LogP contribution is 2.38. The summed E-state index contributed by atoms with van der Waals surface area (Å²) in [5, 5.41) is 18.9. The van der Waals surface area contributed by atoms with Gasteiger partial charge in [-0.15, -0.1) is 0 Å². The molecule has 3 atom stereocenters. The van der Waals surface area contributed by atoms with Gasteiger partial charge in [0.15, 0.2) is 6.23 Å². The molecule has 25 heavy (non-hydrogen) atoms. The van der Waals surface area contributed by atoms with Crippen LogP contribution in [0.3, 0.4) is 0 Å². The molecule has 0 bridgehead atoms. The van der Waals surface area contributed by atoms with Gasteiger partial charge < -0.3 is 14.9 Å². The lowest BCUT2D eigenvalue weighted by molar-refractivity contribution is -0.152. The van der Waals surface area contributed by atoms with Gasteiger partial charge in [0, 0.05) is 25.1 Å². The van der Waals surface area contributed by atoms with E-state index in [2.05, 4.69) is 11.0 Å². The van der Waals surface area contributed by atoms with E-state index in [4.69, 9.17) is 4.74 Å². The van der Waals surface area contributed by atoms with Crippen molar-refractivity contribution < 1.29 is 19.7 Å². The zero-order chi connectivity index (χ0) is 17.6. The van der Waals surface area contributed by atoms with Crippen molar-refractivity contribution >= 4 is 12.5 Å². The van der Waals surface area contributed by atoms with E-state index < -0.39 is 0 Å². The molecule has 2 fully saturated rings. The predicted molar refractivity (Wildman–Crippen MR) is 95.6 cm³/mol. The van der Waals surface area contributed by atoms with Gasteiger partial charge in [0.25, 0.3) is 6.47 Å². The van der Waals surface area contributed by atoms with E-state index in [9.17, 15) is 15.0 Å². The second-order valence-corrected chi connectivity index (χ2v) is 7.13. The Labute approximate surface area is 148 Å². The number of hydrogen-bond acceptors (Lipinski definition) is 5. The molecular weight excluding hydrogens is 318 g/mol. The summed E-state index contributed by atoms with van der Waals surface area (Å²) in [6, 6.07) is 5.19. The minimum atomic E-state index is -0.183. The van der Waals surface area contributed by atoms with Crippen LogP contribution in [0.5, 0.6) is 5.75 Å². The van der Waals surface area contributed by atoms with Gasteiger partial charge >= 0.3 is 0 Å². The van der Waals surface area contributed by atoms with Crippen molar-refractivity contribution in [3.8, 4) is 5.75 Å². The first-order valence-electron chi connectivity index (χ1n) is 9.13. The number of benzene rings is 1. The molecule has 1 heterocycles. The maximum atomic E-state index is 10.9. The molecule has 0 amide bonds. The zero-order valence-corrected chi connectivity index (χ0v) is 14.5.